The Morgan fingerprint density at radius 3 is 2.63 bits per heavy atom. The number of nitrogens with one attached hydrogen (secondary N) is 1. The van der Waals surface area contributed by atoms with Crippen molar-refractivity contribution >= 4 is 35.6 Å². The van der Waals surface area contributed by atoms with Gasteiger partial charge in [0.25, 0.3) is 0 Å². The molecule has 0 fully saturated rings. The Morgan fingerprint density at radius 1 is 1.37 bits per heavy atom. The number of hydrogen-bond acceptors (Lipinski definition) is 3. The van der Waals surface area contributed by atoms with Gasteiger partial charge in [-0.1, -0.05) is 19.1 Å². The van der Waals surface area contributed by atoms with Crippen LogP contribution in [0.3, 0.4) is 0 Å². The molecule has 1 aromatic carbocycles. The van der Waals surface area contributed by atoms with Crippen LogP contribution in [0.2, 0.25) is 0 Å². The van der Waals surface area contributed by atoms with Gasteiger partial charge in [0.05, 0.1) is 0 Å². The zero-order valence-electron chi connectivity index (χ0n) is 15.0. The number of hydrogen-bond donors (Lipinski definition) is 3. The van der Waals surface area contributed by atoms with Crippen LogP contribution in [0.5, 0.6) is 0 Å². The van der Waals surface area contributed by atoms with Crippen LogP contribution >= 0.6 is 24.0 Å². The van der Waals surface area contributed by atoms with Gasteiger partial charge in [-0.05, 0) is 24.1 Å². The fourth-order valence-corrected chi connectivity index (χ4v) is 2.54. The summed E-state index contributed by atoms with van der Waals surface area (Å²) in [6.45, 7) is 1.68. The van der Waals surface area contributed by atoms with E-state index in [2.05, 4.69) is 15.3 Å². The summed E-state index contributed by atoms with van der Waals surface area (Å²) in [6, 6.07) is 7.45. The zero-order valence-corrected chi connectivity index (χ0v) is 17.3. The van der Waals surface area contributed by atoms with E-state index in [4.69, 9.17) is 5.73 Å². The van der Waals surface area contributed by atoms with Crippen molar-refractivity contribution in [3.05, 3.63) is 48.0 Å². The molecule has 2 rings (SSSR count). The molecule has 10 heteroatoms. The van der Waals surface area contributed by atoms with E-state index in [-0.39, 0.29) is 36.5 Å². The number of aromatic nitrogens is 2. The molecule has 0 radical (unpaired) electrons. The number of benzene rings is 1. The predicted molar refractivity (Wildman–Crippen MR) is 109 cm³/mol. The van der Waals surface area contributed by atoms with Crippen LogP contribution in [-0.4, -0.2) is 33.3 Å². The molecule has 1 atom stereocenters. The number of halogens is 4. The zero-order chi connectivity index (χ0) is 19.4. The van der Waals surface area contributed by atoms with Gasteiger partial charge in [-0.2, -0.15) is 13.2 Å². The first-order valence-corrected chi connectivity index (χ1v) is 8.10. The van der Waals surface area contributed by atoms with Crippen molar-refractivity contribution in [1.29, 1.82) is 0 Å². The van der Waals surface area contributed by atoms with E-state index in [9.17, 15) is 18.3 Å². The van der Waals surface area contributed by atoms with Crippen LogP contribution in [0.25, 0.3) is 0 Å². The summed E-state index contributed by atoms with van der Waals surface area (Å²) in [5.41, 5.74) is 4.42. The van der Waals surface area contributed by atoms with Crippen LogP contribution in [0, 0.1) is 0 Å². The average molecular weight is 497 g/mol. The van der Waals surface area contributed by atoms with Crippen molar-refractivity contribution in [3.63, 3.8) is 0 Å². The first kappa shape index (κ1) is 23.2. The third-order valence-corrected chi connectivity index (χ3v) is 4.02. The van der Waals surface area contributed by atoms with Crippen LogP contribution in [0.1, 0.15) is 24.7 Å². The molecule has 2 aromatic rings. The Balaban J connectivity index is 0.00000364. The van der Waals surface area contributed by atoms with Gasteiger partial charge >= 0.3 is 6.18 Å². The lowest BCUT2D eigenvalue weighted by Crippen LogP contribution is -2.45. The molecule has 1 aromatic heterocycles. The van der Waals surface area contributed by atoms with E-state index >= 15 is 0 Å². The predicted octanol–water partition coefficient (Wildman–Crippen LogP) is 3.17. The molecule has 4 N–H and O–H groups in total. The van der Waals surface area contributed by atoms with Crippen LogP contribution < -0.4 is 11.1 Å². The minimum absolute atomic E-state index is 0. The van der Waals surface area contributed by atoms with Gasteiger partial charge in [0.15, 0.2) is 5.96 Å². The first-order valence-electron chi connectivity index (χ1n) is 8.10. The lowest BCUT2D eigenvalue weighted by molar-refractivity contribution is -0.272. The first-order chi connectivity index (χ1) is 12.2. The summed E-state index contributed by atoms with van der Waals surface area (Å²) in [6.07, 6.45) is -2.20. The number of alkyl halides is 3. The molecule has 150 valence electrons. The number of guanidine groups is 1. The standard InChI is InChI=1S/C17H22F3N5O.HI/c1-3-12-5-4-6-13(11-12)24-15(21)23-8-7-16(26,17(18,19)20)14-22-9-10-25(14)2;/h4-6,9-11,26H,3,7-8H2,1-2H3,(H3,21,23,24);1H. The van der Waals surface area contributed by atoms with Crippen molar-refractivity contribution in [2.75, 3.05) is 11.9 Å². The highest BCUT2D eigenvalue weighted by atomic mass is 127. The minimum atomic E-state index is -4.89. The molecule has 0 aliphatic rings. The van der Waals surface area contributed by atoms with Crippen LogP contribution in [0.15, 0.2) is 41.7 Å². The Bertz CT molecular complexity index is 778. The topological polar surface area (TPSA) is 88.5 Å². The number of nitrogens with two attached hydrogens (primary N) is 1. The number of rotatable bonds is 6. The maximum Gasteiger partial charge on any atom is 0.424 e. The average Bonchev–Trinajstić information content (AvgIpc) is 3.00. The molecule has 6 nitrogen and oxygen atoms in total. The number of aliphatic imine (C=N–C) groups is 1. The third kappa shape index (κ3) is 5.58. The van der Waals surface area contributed by atoms with Gasteiger partial charge in [0, 0.05) is 38.1 Å². The van der Waals surface area contributed by atoms with E-state index in [0.29, 0.717) is 5.69 Å². The lowest BCUT2D eigenvalue weighted by Gasteiger charge is -2.29. The van der Waals surface area contributed by atoms with Gasteiger partial charge in [-0.15, -0.1) is 24.0 Å². The Labute approximate surface area is 172 Å². The summed E-state index contributed by atoms with van der Waals surface area (Å²) < 4.78 is 41.3. The molecule has 1 heterocycles. The van der Waals surface area contributed by atoms with E-state index in [1.165, 1.54) is 19.4 Å². The molecule has 0 bridgehead atoms. The van der Waals surface area contributed by atoms with E-state index < -0.39 is 24.0 Å². The SMILES string of the molecule is CCc1cccc(NC(N)=NCCC(O)(c2nccn2C)C(F)(F)F)c1.I. The monoisotopic (exact) mass is 497 g/mol. The van der Waals surface area contributed by atoms with Gasteiger partial charge in [0.1, 0.15) is 5.82 Å². The Kier molecular flexibility index (Phi) is 8.08. The molecule has 0 aliphatic heterocycles. The number of anilines is 1. The highest BCUT2D eigenvalue weighted by Gasteiger charge is 2.57. The molecular weight excluding hydrogens is 474 g/mol. The maximum atomic E-state index is 13.4. The summed E-state index contributed by atoms with van der Waals surface area (Å²) in [4.78, 5) is 7.54. The molecule has 0 aliphatic carbocycles. The van der Waals surface area contributed by atoms with Crippen molar-refractivity contribution in [2.24, 2.45) is 17.8 Å². The van der Waals surface area contributed by atoms with Crippen molar-refractivity contribution in [1.82, 2.24) is 9.55 Å². The smallest absolute Gasteiger partial charge is 0.374 e. The highest BCUT2D eigenvalue weighted by molar-refractivity contribution is 14.0. The minimum Gasteiger partial charge on any atom is -0.374 e. The second-order valence-electron chi connectivity index (χ2n) is 5.92. The summed E-state index contributed by atoms with van der Waals surface area (Å²) >= 11 is 0. The Hall–Kier alpha value is -1.82. The van der Waals surface area contributed by atoms with Gasteiger partial charge in [0.2, 0.25) is 5.60 Å². The second-order valence-corrected chi connectivity index (χ2v) is 5.92. The molecule has 0 saturated heterocycles. The number of nitrogens with zero attached hydrogens (tertiary/aromatic N) is 3. The van der Waals surface area contributed by atoms with Crippen LogP contribution in [0.4, 0.5) is 18.9 Å². The number of imidazole rings is 1. The van der Waals surface area contributed by atoms with Gasteiger partial charge in [-0.25, -0.2) is 4.98 Å². The van der Waals surface area contributed by atoms with E-state index in [1.54, 1.807) is 6.07 Å². The summed E-state index contributed by atoms with van der Waals surface area (Å²) in [5, 5.41) is 13.1. The largest absolute Gasteiger partial charge is 0.424 e. The summed E-state index contributed by atoms with van der Waals surface area (Å²) in [7, 11) is 1.39. The summed E-state index contributed by atoms with van der Waals surface area (Å²) in [5.74, 6) is -0.509. The quantitative estimate of drug-likeness (QED) is 0.325. The number of aryl methyl sites for hydroxylation is 2. The molecular formula is C17H23F3IN5O. The normalized spacial score (nSPS) is 14.4. The van der Waals surface area contributed by atoms with Crippen molar-refractivity contribution in [3.8, 4) is 0 Å². The molecule has 27 heavy (non-hydrogen) atoms. The van der Waals surface area contributed by atoms with E-state index in [0.717, 1.165) is 16.6 Å². The van der Waals surface area contributed by atoms with E-state index in [1.807, 2.05) is 25.1 Å². The fraction of sp³-hybridized carbons (Fsp3) is 0.412. The van der Waals surface area contributed by atoms with Crippen molar-refractivity contribution in [2.45, 2.75) is 31.5 Å². The lowest BCUT2D eigenvalue weighted by atomic mass is 9.98. The Morgan fingerprint density at radius 2 is 2.07 bits per heavy atom. The molecule has 1 unspecified atom stereocenters. The molecule has 0 spiro atoms. The maximum absolute atomic E-state index is 13.4. The molecule has 0 saturated carbocycles. The van der Waals surface area contributed by atoms with Gasteiger partial charge in [-0.3, -0.25) is 4.99 Å². The van der Waals surface area contributed by atoms with Gasteiger partial charge < -0.3 is 20.7 Å². The third-order valence-electron chi connectivity index (χ3n) is 4.02. The van der Waals surface area contributed by atoms with Crippen LogP contribution in [-0.2, 0) is 19.1 Å². The molecule has 0 amide bonds. The second kappa shape index (κ2) is 9.40. The number of aliphatic hydroxyl groups is 1. The highest BCUT2D eigenvalue weighted by Crippen LogP contribution is 2.40. The fourth-order valence-electron chi connectivity index (χ4n) is 2.54. The van der Waals surface area contributed by atoms with Crippen molar-refractivity contribution < 1.29 is 18.3 Å².